The lowest BCUT2D eigenvalue weighted by Gasteiger charge is -2.40. The van der Waals surface area contributed by atoms with E-state index < -0.39 is 18.0 Å². The Morgan fingerprint density at radius 1 is 1.13 bits per heavy atom. The minimum atomic E-state index is -4.48. The van der Waals surface area contributed by atoms with Gasteiger partial charge in [-0.2, -0.15) is 13.2 Å². The van der Waals surface area contributed by atoms with E-state index >= 15 is 0 Å². The van der Waals surface area contributed by atoms with E-state index in [1.807, 2.05) is 12.1 Å². The van der Waals surface area contributed by atoms with Gasteiger partial charge < -0.3 is 19.6 Å². The van der Waals surface area contributed by atoms with Gasteiger partial charge in [0.2, 0.25) is 0 Å². The fourth-order valence-electron chi connectivity index (χ4n) is 3.86. The van der Waals surface area contributed by atoms with Crippen LogP contribution in [0.3, 0.4) is 0 Å². The lowest BCUT2D eigenvalue weighted by molar-refractivity contribution is -0.137. The van der Waals surface area contributed by atoms with Crippen LogP contribution >= 0.6 is 11.6 Å². The van der Waals surface area contributed by atoms with Crippen molar-refractivity contribution in [1.29, 1.82) is 0 Å². The average molecular weight is 457 g/mol. The molecule has 1 fully saturated rings. The summed E-state index contributed by atoms with van der Waals surface area (Å²) in [5.41, 5.74) is -1.05. The molecule has 3 rings (SSSR count). The Morgan fingerprint density at radius 2 is 1.74 bits per heavy atom. The number of hydrogen-bond acceptors (Lipinski definition) is 4. The van der Waals surface area contributed by atoms with Gasteiger partial charge in [-0.15, -0.1) is 0 Å². The van der Waals surface area contributed by atoms with Crippen LogP contribution in [0.5, 0.6) is 5.75 Å². The van der Waals surface area contributed by atoms with Gasteiger partial charge in [0.25, 0.3) is 0 Å². The SMILES string of the molecule is CC(O)N(CCN1CCC(C)(Oc2ccc(Cl)cc2)CC1)c1ccccc1C(F)(F)F. The molecule has 0 bridgehead atoms. The van der Waals surface area contributed by atoms with Gasteiger partial charge in [0.1, 0.15) is 17.6 Å². The number of aliphatic hydroxyl groups excluding tert-OH is 1. The number of alkyl halides is 3. The Morgan fingerprint density at radius 3 is 2.32 bits per heavy atom. The number of benzene rings is 2. The zero-order valence-corrected chi connectivity index (χ0v) is 18.5. The number of ether oxygens (including phenoxy) is 1. The molecule has 4 nitrogen and oxygen atoms in total. The molecule has 1 unspecified atom stereocenters. The van der Waals surface area contributed by atoms with Crippen LogP contribution in [-0.2, 0) is 6.18 Å². The van der Waals surface area contributed by atoms with Crippen molar-refractivity contribution in [2.45, 2.75) is 44.7 Å². The minimum absolute atomic E-state index is 0.00193. The maximum atomic E-state index is 13.4. The second kappa shape index (κ2) is 9.67. The smallest absolute Gasteiger partial charge is 0.418 e. The van der Waals surface area contributed by atoms with Crippen molar-refractivity contribution in [2.75, 3.05) is 31.1 Å². The fraction of sp³-hybridized carbons (Fsp3) is 0.478. The first-order chi connectivity index (χ1) is 14.6. The van der Waals surface area contributed by atoms with Gasteiger partial charge >= 0.3 is 6.18 Å². The standard InChI is InChI=1S/C23H28ClF3N2O2/c1-17(30)29(21-6-4-3-5-20(21)23(25,26)27)16-15-28-13-11-22(2,12-14-28)31-19-9-7-18(24)8-10-19/h3-10,17,30H,11-16H2,1-2H3. The molecule has 0 saturated carbocycles. The summed E-state index contributed by atoms with van der Waals surface area (Å²) in [5, 5.41) is 10.8. The molecule has 2 aromatic carbocycles. The number of rotatable bonds is 7. The van der Waals surface area contributed by atoms with Crippen molar-refractivity contribution in [3.63, 3.8) is 0 Å². The highest BCUT2D eigenvalue weighted by molar-refractivity contribution is 6.30. The van der Waals surface area contributed by atoms with E-state index in [4.69, 9.17) is 16.3 Å². The molecule has 1 aliphatic heterocycles. The minimum Gasteiger partial charge on any atom is -0.487 e. The third kappa shape index (κ3) is 6.28. The van der Waals surface area contributed by atoms with Crippen molar-refractivity contribution >= 4 is 17.3 Å². The molecular weight excluding hydrogens is 429 g/mol. The second-order valence-electron chi connectivity index (χ2n) is 8.19. The highest BCUT2D eigenvalue weighted by atomic mass is 35.5. The Kier molecular flexibility index (Phi) is 7.39. The van der Waals surface area contributed by atoms with E-state index in [0.29, 0.717) is 18.1 Å². The molecule has 1 N–H and O–H groups in total. The monoisotopic (exact) mass is 456 g/mol. The molecule has 0 radical (unpaired) electrons. The van der Waals surface area contributed by atoms with Gasteiger partial charge in [0, 0.05) is 31.2 Å². The van der Waals surface area contributed by atoms with Gasteiger partial charge in [-0.25, -0.2) is 0 Å². The van der Waals surface area contributed by atoms with Gasteiger partial charge in [-0.1, -0.05) is 23.7 Å². The number of halogens is 4. The fourth-order valence-corrected chi connectivity index (χ4v) is 3.99. The molecule has 0 amide bonds. The zero-order valence-electron chi connectivity index (χ0n) is 17.7. The Labute approximate surface area is 186 Å². The maximum Gasteiger partial charge on any atom is 0.418 e. The van der Waals surface area contributed by atoms with Crippen LogP contribution in [0.1, 0.15) is 32.3 Å². The van der Waals surface area contributed by atoms with E-state index in [2.05, 4.69) is 11.8 Å². The first-order valence-corrected chi connectivity index (χ1v) is 10.7. The van der Waals surface area contributed by atoms with Gasteiger partial charge in [-0.3, -0.25) is 0 Å². The van der Waals surface area contributed by atoms with Crippen molar-refractivity contribution in [3.05, 3.63) is 59.1 Å². The summed E-state index contributed by atoms with van der Waals surface area (Å²) < 4.78 is 46.4. The highest BCUT2D eigenvalue weighted by Crippen LogP contribution is 2.37. The Hall–Kier alpha value is -1.96. The predicted molar refractivity (Wildman–Crippen MR) is 117 cm³/mol. The summed E-state index contributed by atoms with van der Waals surface area (Å²) in [6.07, 6.45) is -3.92. The van der Waals surface area contributed by atoms with Crippen molar-refractivity contribution in [3.8, 4) is 5.75 Å². The van der Waals surface area contributed by atoms with Gasteiger partial charge in [0.05, 0.1) is 11.3 Å². The van der Waals surface area contributed by atoms with E-state index in [9.17, 15) is 18.3 Å². The van der Waals surface area contributed by atoms with Gasteiger partial charge in [0.15, 0.2) is 0 Å². The second-order valence-corrected chi connectivity index (χ2v) is 8.62. The summed E-state index contributed by atoms with van der Waals surface area (Å²) in [6.45, 7) is 5.92. The normalized spacial score (nSPS) is 17.9. The molecule has 31 heavy (non-hydrogen) atoms. The molecule has 1 aliphatic rings. The van der Waals surface area contributed by atoms with Crippen LogP contribution < -0.4 is 9.64 Å². The van der Waals surface area contributed by atoms with Crippen molar-refractivity contribution in [1.82, 2.24) is 4.90 Å². The Balaban J connectivity index is 1.59. The molecule has 8 heteroatoms. The third-order valence-electron chi connectivity index (χ3n) is 5.72. The third-order valence-corrected chi connectivity index (χ3v) is 5.97. The number of aliphatic hydroxyl groups is 1. The van der Waals surface area contributed by atoms with Crippen LogP contribution in [0.4, 0.5) is 18.9 Å². The molecule has 2 aromatic rings. The topological polar surface area (TPSA) is 35.9 Å². The zero-order chi connectivity index (χ0) is 22.6. The molecule has 170 valence electrons. The van der Waals surface area contributed by atoms with E-state index in [1.54, 1.807) is 18.2 Å². The predicted octanol–water partition coefficient (Wildman–Crippen LogP) is 5.44. The van der Waals surface area contributed by atoms with Crippen LogP contribution in [-0.4, -0.2) is 48.0 Å². The molecule has 1 saturated heterocycles. The van der Waals surface area contributed by atoms with Crippen LogP contribution in [0.15, 0.2) is 48.5 Å². The van der Waals surface area contributed by atoms with Crippen LogP contribution in [0.25, 0.3) is 0 Å². The molecule has 0 aliphatic carbocycles. The van der Waals surface area contributed by atoms with Crippen LogP contribution in [0, 0.1) is 0 Å². The number of piperidine rings is 1. The quantitative estimate of drug-likeness (QED) is 0.563. The lowest BCUT2D eigenvalue weighted by atomic mass is 9.93. The van der Waals surface area contributed by atoms with E-state index in [-0.39, 0.29) is 11.3 Å². The summed E-state index contributed by atoms with van der Waals surface area (Å²) in [7, 11) is 0. The van der Waals surface area contributed by atoms with Crippen molar-refractivity contribution in [2.24, 2.45) is 0 Å². The molecule has 0 spiro atoms. The summed E-state index contributed by atoms with van der Waals surface area (Å²) >= 11 is 5.92. The Bertz CT molecular complexity index is 851. The lowest BCUT2D eigenvalue weighted by Crippen LogP contribution is -2.48. The number of hydrogen-bond donors (Lipinski definition) is 1. The first-order valence-electron chi connectivity index (χ1n) is 10.4. The molecule has 0 aromatic heterocycles. The largest absolute Gasteiger partial charge is 0.487 e. The average Bonchev–Trinajstić information content (AvgIpc) is 2.71. The number of likely N-dealkylation sites (tertiary alicyclic amines) is 1. The molecule has 1 heterocycles. The maximum absolute atomic E-state index is 13.4. The van der Waals surface area contributed by atoms with E-state index in [1.165, 1.54) is 24.0 Å². The summed E-state index contributed by atoms with van der Waals surface area (Å²) in [5.74, 6) is 0.768. The number of anilines is 1. The highest BCUT2D eigenvalue weighted by Gasteiger charge is 2.36. The summed E-state index contributed by atoms with van der Waals surface area (Å²) in [4.78, 5) is 3.60. The molecule has 1 atom stereocenters. The summed E-state index contributed by atoms with van der Waals surface area (Å²) in [6, 6.07) is 12.6. The number of nitrogens with zero attached hydrogens (tertiary/aromatic N) is 2. The van der Waals surface area contributed by atoms with Gasteiger partial charge in [-0.05, 0) is 63.1 Å². The van der Waals surface area contributed by atoms with E-state index in [0.717, 1.165) is 37.7 Å². The van der Waals surface area contributed by atoms with Crippen LogP contribution in [0.2, 0.25) is 5.02 Å². The number of para-hydroxylation sites is 1. The first kappa shape index (κ1) is 23.7. The van der Waals surface area contributed by atoms with Crippen molar-refractivity contribution < 1.29 is 23.0 Å². The molecular formula is C23H28ClF3N2O2.